The summed E-state index contributed by atoms with van der Waals surface area (Å²) in [5.41, 5.74) is 1.06. The highest BCUT2D eigenvalue weighted by Gasteiger charge is 2.43. The maximum atomic E-state index is 14.5. The lowest BCUT2D eigenvalue weighted by molar-refractivity contribution is -0.120. The normalized spacial score (nSPS) is 17.0. The van der Waals surface area contributed by atoms with Crippen LogP contribution in [0.25, 0.3) is 5.57 Å². The van der Waals surface area contributed by atoms with Crippen LogP contribution in [-0.2, 0) is 9.59 Å². The van der Waals surface area contributed by atoms with Crippen LogP contribution >= 0.6 is 0 Å². The van der Waals surface area contributed by atoms with E-state index in [1.165, 1.54) is 32.4 Å². The molecular formula is C23H23FN2O4. The van der Waals surface area contributed by atoms with Crippen LogP contribution in [0.3, 0.4) is 0 Å². The summed E-state index contributed by atoms with van der Waals surface area (Å²) >= 11 is 0. The van der Waals surface area contributed by atoms with Gasteiger partial charge in [0.25, 0.3) is 11.8 Å². The molecule has 2 aliphatic heterocycles. The molecular weight excluding hydrogens is 387 g/mol. The third-order valence-corrected chi connectivity index (χ3v) is 5.50. The Morgan fingerprint density at radius 1 is 0.867 bits per heavy atom. The van der Waals surface area contributed by atoms with Gasteiger partial charge in [0.15, 0.2) is 11.5 Å². The Labute approximate surface area is 174 Å². The number of para-hydroxylation sites is 1. The van der Waals surface area contributed by atoms with Crippen LogP contribution in [0.5, 0.6) is 11.5 Å². The zero-order valence-corrected chi connectivity index (χ0v) is 17.0. The van der Waals surface area contributed by atoms with Crippen molar-refractivity contribution in [2.24, 2.45) is 0 Å². The minimum absolute atomic E-state index is 0.0440. The molecule has 2 aromatic rings. The molecule has 0 spiro atoms. The molecule has 0 aliphatic carbocycles. The van der Waals surface area contributed by atoms with E-state index in [2.05, 4.69) is 0 Å². The monoisotopic (exact) mass is 410 g/mol. The Kier molecular flexibility index (Phi) is 5.44. The molecule has 2 amide bonds. The second kappa shape index (κ2) is 8.18. The number of carbonyl (C=O) groups is 2. The first-order valence-electron chi connectivity index (χ1n) is 9.91. The first kappa shape index (κ1) is 19.9. The zero-order valence-electron chi connectivity index (χ0n) is 17.0. The van der Waals surface area contributed by atoms with Crippen molar-refractivity contribution < 1.29 is 23.5 Å². The van der Waals surface area contributed by atoms with Crippen molar-refractivity contribution in [2.45, 2.75) is 19.3 Å². The lowest BCUT2D eigenvalue weighted by Crippen LogP contribution is -2.37. The average molecular weight is 410 g/mol. The first-order valence-corrected chi connectivity index (χ1v) is 9.91. The molecule has 30 heavy (non-hydrogen) atoms. The molecule has 4 rings (SSSR count). The number of halogens is 1. The van der Waals surface area contributed by atoms with Crippen molar-refractivity contribution in [3.63, 3.8) is 0 Å². The second-order valence-electron chi connectivity index (χ2n) is 7.24. The van der Waals surface area contributed by atoms with Crippen molar-refractivity contribution in [3.8, 4) is 11.5 Å². The molecule has 1 saturated heterocycles. The highest BCUT2D eigenvalue weighted by atomic mass is 19.1. The van der Waals surface area contributed by atoms with Gasteiger partial charge in [0, 0.05) is 13.1 Å². The molecule has 0 aromatic heterocycles. The average Bonchev–Trinajstić information content (AvgIpc) is 3.04. The van der Waals surface area contributed by atoms with E-state index >= 15 is 0 Å². The molecule has 0 atom stereocenters. The van der Waals surface area contributed by atoms with Crippen LogP contribution < -0.4 is 14.4 Å². The van der Waals surface area contributed by atoms with E-state index in [4.69, 9.17) is 9.47 Å². The summed E-state index contributed by atoms with van der Waals surface area (Å²) in [6.07, 6.45) is 2.95. The van der Waals surface area contributed by atoms with Crippen LogP contribution in [0, 0.1) is 5.82 Å². The van der Waals surface area contributed by atoms with E-state index in [0.29, 0.717) is 35.8 Å². The minimum Gasteiger partial charge on any atom is -0.493 e. The molecule has 2 aliphatic rings. The van der Waals surface area contributed by atoms with Gasteiger partial charge >= 0.3 is 0 Å². The first-order chi connectivity index (χ1) is 14.6. The number of carbonyl (C=O) groups excluding carboxylic acids is 2. The summed E-state index contributed by atoms with van der Waals surface area (Å²) < 4.78 is 25.2. The molecule has 2 heterocycles. The van der Waals surface area contributed by atoms with Gasteiger partial charge in [-0.15, -0.1) is 0 Å². The fourth-order valence-electron chi connectivity index (χ4n) is 4.03. The summed E-state index contributed by atoms with van der Waals surface area (Å²) in [4.78, 5) is 29.7. The number of benzene rings is 2. The lowest BCUT2D eigenvalue weighted by Gasteiger charge is -2.29. The molecule has 0 bridgehead atoms. The van der Waals surface area contributed by atoms with Gasteiger partial charge in [-0.3, -0.25) is 9.59 Å². The minimum atomic E-state index is -0.620. The van der Waals surface area contributed by atoms with Gasteiger partial charge in [-0.05, 0) is 49.1 Å². The van der Waals surface area contributed by atoms with E-state index in [1.807, 2.05) is 4.90 Å². The number of imide groups is 1. The van der Waals surface area contributed by atoms with Gasteiger partial charge in [0.05, 0.1) is 25.5 Å². The number of ether oxygens (including phenoxy) is 2. The molecule has 156 valence electrons. The molecule has 0 unspecified atom stereocenters. The van der Waals surface area contributed by atoms with Crippen molar-refractivity contribution in [1.82, 2.24) is 4.90 Å². The Morgan fingerprint density at radius 2 is 1.57 bits per heavy atom. The summed E-state index contributed by atoms with van der Waals surface area (Å²) in [5.74, 6) is -0.699. The van der Waals surface area contributed by atoms with Crippen LogP contribution in [0.4, 0.5) is 10.1 Å². The van der Waals surface area contributed by atoms with E-state index in [1.54, 1.807) is 24.3 Å². The fourth-order valence-corrected chi connectivity index (χ4v) is 4.03. The Morgan fingerprint density at radius 3 is 2.23 bits per heavy atom. The Bertz CT molecular complexity index is 1030. The van der Waals surface area contributed by atoms with Gasteiger partial charge in [-0.1, -0.05) is 18.2 Å². The van der Waals surface area contributed by atoms with Crippen molar-refractivity contribution in [1.29, 1.82) is 0 Å². The summed E-state index contributed by atoms with van der Waals surface area (Å²) in [7, 11) is 3.04. The van der Waals surface area contributed by atoms with E-state index in [0.717, 1.165) is 24.2 Å². The third kappa shape index (κ3) is 3.30. The number of piperidine rings is 1. The fraction of sp³-hybridized carbons (Fsp3) is 0.304. The van der Waals surface area contributed by atoms with Gasteiger partial charge in [0.1, 0.15) is 11.5 Å². The van der Waals surface area contributed by atoms with Crippen LogP contribution in [-0.4, -0.2) is 44.0 Å². The van der Waals surface area contributed by atoms with Crippen molar-refractivity contribution >= 4 is 23.1 Å². The van der Waals surface area contributed by atoms with E-state index in [-0.39, 0.29) is 11.3 Å². The summed E-state index contributed by atoms with van der Waals surface area (Å²) in [6.45, 7) is 1.35. The zero-order chi connectivity index (χ0) is 21.3. The number of rotatable bonds is 5. The van der Waals surface area contributed by atoms with Crippen LogP contribution in [0.2, 0.25) is 0 Å². The molecule has 1 fully saturated rings. The number of likely N-dealkylation sites (tertiary alicyclic amines) is 1. The van der Waals surface area contributed by atoms with E-state index in [9.17, 15) is 14.0 Å². The third-order valence-electron chi connectivity index (χ3n) is 5.50. The lowest BCUT2D eigenvalue weighted by atomic mass is 10.0. The molecule has 6 nitrogen and oxygen atoms in total. The largest absolute Gasteiger partial charge is 0.493 e. The predicted octanol–water partition coefficient (Wildman–Crippen LogP) is 3.61. The van der Waals surface area contributed by atoms with Crippen LogP contribution in [0.1, 0.15) is 24.8 Å². The highest BCUT2D eigenvalue weighted by Crippen LogP contribution is 2.39. The molecule has 0 N–H and O–H groups in total. The number of hydrogen-bond acceptors (Lipinski definition) is 5. The number of anilines is 1. The second-order valence-corrected chi connectivity index (χ2v) is 7.24. The number of hydrogen-bond donors (Lipinski definition) is 0. The van der Waals surface area contributed by atoms with Crippen LogP contribution in [0.15, 0.2) is 48.2 Å². The highest BCUT2D eigenvalue weighted by molar-refractivity contribution is 6.45. The molecule has 0 saturated carbocycles. The number of nitrogens with zero attached hydrogens (tertiary/aromatic N) is 2. The van der Waals surface area contributed by atoms with Gasteiger partial charge < -0.3 is 14.4 Å². The summed E-state index contributed by atoms with van der Waals surface area (Å²) in [6, 6.07) is 10.9. The topological polar surface area (TPSA) is 59.1 Å². The van der Waals surface area contributed by atoms with Gasteiger partial charge in [0.2, 0.25) is 0 Å². The maximum Gasteiger partial charge on any atom is 0.282 e. The summed E-state index contributed by atoms with van der Waals surface area (Å²) in [5, 5.41) is 0. The van der Waals surface area contributed by atoms with Crippen molar-refractivity contribution in [3.05, 3.63) is 59.5 Å². The SMILES string of the molecule is COc1ccc(C2=C(N3CCCCC3)C(=O)N(c3ccccc3F)C2=O)cc1OC. The Balaban J connectivity index is 1.86. The van der Waals surface area contributed by atoms with Gasteiger partial charge in [-0.2, -0.15) is 0 Å². The maximum absolute atomic E-state index is 14.5. The molecule has 7 heteroatoms. The molecule has 0 radical (unpaired) electrons. The quantitative estimate of drug-likeness (QED) is 0.705. The number of methoxy groups -OCH3 is 2. The smallest absolute Gasteiger partial charge is 0.282 e. The molecule has 2 aromatic carbocycles. The van der Waals surface area contributed by atoms with Crippen molar-refractivity contribution in [2.75, 3.05) is 32.2 Å². The predicted molar refractivity (Wildman–Crippen MR) is 111 cm³/mol. The Hall–Kier alpha value is -3.35. The van der Waals surface area contributed by atoms with E-state index < -0.39 is 17.6 Å². The van der Waals surface area contributed by atoms with Gasteiger partial charge in [-0.25, -0.2) is 9.29 Å². The number of amides is 2. The standard InChI is InChI=1S/C23H23FN2O4/c1-29-18-11-10-15(14-19(18)30-2)20-21(25-12-6-3-7-13-25)23(28)26(22(20)27)17-9-5-4-8-16(17)24/h4-5,8-11,14H,3,6-7,12-13H2,1-2H3.